The summed E-state index contributed by atoms with van der Waals surface area (Å²) >= 11 is 0. The standard InChI is InChI=1S/C12H17N3O4/c1-12(2,3)4-5-13-10-9(15(18)19)6-8(7-14-10)11(16)17/h6-7H,4-5H2,1-3H3,(H,13,14)(H,16,17). The molecule has 0 saturated heterocycles. The summed E-state index contributed by atoms with van der Waals surface area (Å²) in [4.78, 5) is 24.8. The summed E-state index contributed by atoms with van der Waals surface area (Å²) in [5.41, 5.74) is -0.426. The lowest BCUT2D eigenvalue weighted by atomic mass is 9.92. The second-order valence-corrected chi connectivity index (χ2v) is 5.39. The molecule has 0 amide bonds. The van der Waals surface area contributed by atoms with E-state index in [1.807, 2.05) is 0 Å². The first-order chi connectivity index (χ1) is 8.70. The van der Waals surface area contributed by atoms with Crippen LogP contribution in [0.5, 0.6) is 0 Å². The van der Waals surface area contributed by atoms with Crippen molar-refractivity contribution in [2.75, 3.05) is 11.9 Å². The van der Waals surface area contributed by atoms with E-state index in [9.17, 15) is 14.9 Å². The maximum absolute atomic E-state index is 10.9. The first-order valence-electron chi connectivity index (χ1n) is 5.82. The summed E-state index contributed by atoms with van der Waals surface area (Å²) in [5, 5.41) is 22.5. The predicted octanol–water partition coefficient (Wildman–Crippen LogP) is 2.54. The molecule has 0 bridgehead atoms. The molecule has 19 heavy (non-hydrogen) atoms. The highest BCUT2D eigenvalue weighted by Gasteiger charge is 2.19. The zero-order chi connectivity index (χ0) is 14.6. The number of rotatable bonds is 5. The van der Waals surface area contributed by atoms with Crippen molar-refractivity contribution < 1.29 is 14.8 Å². The molecule has 0 radical (unpaired) electrons. The van der Waals surface area contributed by atoms with Gasteiger partial charge in [-0.15, -0.1) is 0 Å². The highest BCUT2D eigenvalue weighted by Crippen LogP contribution is 2.24. The third-order valence-electron chi connectivity index (χ3n) is 2.48. The number of anilines is 1. The third kappa shape index (κ3) is 4.53. The molecular formula is C12H17N3O4. The fraction of sp³-hybridized carbons (Fsp3) is 0.500. The summed E-state index contributed by atoms with van der Waals surface area (Å²) in [6.07, 6.45) is 1.92. The first-order valence-corrected chi connectivity index (χ1v) is 5.82. The molecule has 0 aliphatic rings. The molecule has 0 saturated carbocycles. The largest absolute Gasteiger partial charge is 0.478 e. The predicted molar refractivity (Wildman–Crippen MR) is 70.4 cm³/mol. The Bertz CT molecular complexity index is 494. The van der Waals surface area contributed by atoms with Crippen molar-refractivity contribution in [3.63, 3.8) is 0 Å². The van der Waals surface area contributed by atoms with E-state index in [2.05, 4.69) is 31.1 Å². The average molecular weight is 267 g/mol. The van der Waals surface area contributed by atoms with Crippen molar-refractivity contribution in [3.8, 4) is 0 Å². The Labute approximate surface area is 110 Å². The second-order valence-electron chi connectivity index (χ2n) is 5.39. The van der Waals surface area contributed by atoms with Gasteiger partial charge in [-0.2, -0.15) is 0 Å². The van der Waals surface area contributed by atoms with Gasteiger partial charge in [0.1, 0.15) is 0 Å². The Morgan fingerprint density at radius 1 is 1.53 bits per heavy atom. The van der Waals surface area contributed by atoms with Crippen LogP contribution in [0, 0.1) is 15.5 Å². The molecule has 7 heteroatoms. The van der Waals surface area contributed by atoms with Crippen molar-refractivity contribution in [2.45, 2.75) is 27.2 Å². The average Bonchev–Trinajstić information content (AvgIpc) is 2.27. The molecule has 7 nitrogen and oxygen atoms in total. The fourth-order valence-corrected chi connectivity index (χ4v) is 1.40. The third-order valence-corrected chi connectivity index (χ3v) is 2.48. The van der Waals surface area contributed by atoms with Crippen LogP contribution < -0.4 is 5.32 Å². The van der Waals surface area contributed by atoms with E-state index in [1.165, 1.54) is 0 Å². The van der Waals surface area contributed by atoms with Crippen LogP contribution in [0.3, 0.4) is 0 Å². The second kappa shape index (κ2) is 5.64. The molecule has 1 rings (SSSR count). The molecule has 1 heterocycles. The number of hydrogen-bond acceptors (Lipinski definition) is 5. The number of carboxylic acid groups (broad SMARTS) is 1. The van der Waals surface area contributed by atoms with E-state index in [0.29, 0.717) is 6.54 Å². The molecule has 0 fully saturated rings. The minimum absolute atomic E-state index is 0.0965. The van der Waals surface area contributed by atoms with Crippen LogP contribution in [0.25, 0.3) is 0 Å². The number of carbonyl (C=O) groups is 1. The van der Waals surface area contributed by atoms with Gasteiger partial charge in [-0.05, 0) is 11.8 Å². The Kier molecular flexibility index (Phi) is 4.42. The zero-order valence-electron chi connectivity index (χ0n) is 11.1. The number of nitro groups is 1. The van der Waals surface area contributed by atoms with Crippen molar-refractivity contribution in [3.05, 3.63) is 27.9 Å². The molecule has 0 aliphatic heterocycles. The summed E-state index contributed by atoms with van der Waals surface area (Å²) in [7, 11) is 0. The lowest BCUT2D eigenvalue weighted by Crippen LogP contribution is -2.14. The molecule has 0 aromatic carbocycles. The molecule has 0 spiro atoms. The van der Waals surface area contributed by atoms with Crippen LogP contribution in [0.4, 0.5) is 11.5 Å². The van der Waals surface area contributed by atoms with Gasteiger partial charge in [-0.25, -0.2) is 9.78 Å². The smallest absolute Gasteiger partial charge is 0.337 e. The topological polar surface area (TPSA) is 105 Å². The minimum atomic E-state index is -1.24. The summed E-state index contributed by atoms with van der Waals surface area (Å²) < 4.78 is 0. The molecule has 1 aromatic heterocycles. The van der Waals surface area contributed by atoms with Gasteiger partial charge < -0.3 is 10.4 Å². The molecule has 1 aromatic rings. The van der Waals surface area contributed by atoms with E-state index in [4.69, 9.17) is 5.11 Å². The minimum Gasteiger partial charge on any atom is -0.478 e. The molecule has 0 unspecified atom stereocenters. The lowest BCUT2D eigenvalue weighted by molar-refractivity contribution is -0.384. The Morgan fingerprint density at radius 2 is 2.16 bits per heavy atom. The first kappa shape index (κ1) is 14.9. The zero-order valence-corrected chi connectivity index (χ0v) is 11.1. The van der Waals surface area contributed by atoms with Crippen LogP contribution in [-0.4, -0.2) is 27.5 Å². The van der Waals surface area contributed by atoms with Gasteiger partial charge in [0.15, 0.2) is 0 Å². The van der Waals surface area contributed by atoms with Crippen LogP contribution in [0.1, 0.15) is 37.6 Å². The van der Waals surface area contributed by atoms with E-state index in [1.54, 1.807) is 0 Å². The Hall–Kier alpha value is -2.18. The van der Waals surface area contributed by atoms with Gasteiger partial charge >= 0.3 is 11.7 Å². The number of nitrogens with one attached hydrogen (secondary N) is 1. The quantitative estimate of drug-likeness (QED) is 0.627. The Morgan fingerprint density at radius 3 is 2.63 bits per heavy atom. The van der Waals surface area contributed by atoms with Gasteiger partial charge in [0.2, 0.25) is 5.82 Å². The van der Waals surface area contributed by atoms with E-state index in [-0.39, 0.29) is 22.5 Å². The van der Waals surface area contributed by atoms with Crippen LogP contribution in [0.15, 0.2) is 12.3 Å². The van der Waals surface area contributed by atoms with Gasteiger partial charge in [0.25, 0.3) is 0 Å². The van der Waals surface area contributed by atoms with Gasteiger partial charge in [0.05, 0.1) is 10.5 Å². The number of hydrogen-bond donors (Lipinski definition) is 2. The summed E-state index contributed by atoms with van der Waals surface area (Å²) in [6, 6.07) is 1.01. The SMILES string of the molecule is CC(C)(C)CCNc1ncc(C(=O)O)cc1[N+](=O)[O-]. The van der Waals surface area contributed by atoms with Crippen LogP contribution in [0.2, 0.25) is 0 Å². The van der Waals surface area contributed by atoms with Crippen molar-refractivity contribution in [1.82, 2.24) is 4.98 Å². The summed E-state index contributed by atoms with van der Waals surface area (Å²) in [5.74, 6) is -1.14. The molecule has 0 atom stereocenters. The van der Waals surface area contributed by atoms with Crippen LogP contribution >= 0.6 is 0 Å². The Balaban J connectivity index is 2.89. The van der Waals surface area contributed by atoms with Crippen LogP contribution in [-0.2, 0) is 0 Å². The number of nitrogens with zero attached hydrogens (tertiary/aromatic N) is 2. The normalized spacial score (nSPS) is 11.1. The highest BCUT2D eigenvalue weighted by molar-refractivity contribution is 5.88. The number of aromatic nitrogens is 1. The monoisotopic (exact) mass is 267 g/mol. The van der Waals surface area contributed by atoms with E-state index >= 15 is 0 Å². The van der Waals surface area contributed by atoms with Crippen molar-refractivity contribution >= 4 is 17.5 Å². The van der Waals surface area contributed by atoms with E-state index < -0.39 is 10.9 Å². The van der Waals surface area contributed by atoms with Gasteiger partial charge in [-0.1, -0.05) is 20.8 Å². The van der Waals surface area contributed by atoms with Crippen molar-refractivity contribution in [2.24, 2.45) is 5.41 Å². The number of carboxylic acids is 1. The van der Waals surface area contributed by atoms with Gasteiger partial charge in [-0.3, -0.25) is 10.1 Å². The molecule has 104 valence electrons. The maximum Gasteiger partial charge on any atom is 0.337 e. The van der Waals surface area contributed by atoms with Gasteiger partial charge in [0, 0.05) is 18.8 Å². The highest BCUT2D eigenvalue weighted by atomic mass is 16.6. The molecule has 2 N–H and O–H groups in total. The number of pyridine rings is 1. The maximum atomic E-state index is 10.9. The molecule has 0 aliphatic carbocycles. The lowest BCUT2D eigenvalue weighted by Gasteiger charge is -2.18. The van der Waals surface area contributed by atoms with Crippen molar-refractivity contribution in [1.29, 1.82) is 0 Å². The summed E-state index contributed by atoms with van der Waals surface area (Å²) in [6.45, 7) is 6.71. The number of aromatic carboxylic acids is 1. The van der Waals surface area contributed by atoms with E-state index in [0.717, 1.165) is 18.7 Å². The fourth-order valence-electron chi connectivity index (χ4n) is 1.40. The molecular weight excluding hydrogens is 250 g/mol.